The van der Waals surface area contributed by atoms with Crippen molar-refractivity contribution in [1.29, 1.82) is 0 Å². The number of carbonyl (C=O) groups excluding carboxylic acids is 1. The highest BCUT2D eigenvalue weighted by Crippen LogP contribution is 2.39. The second-order valence-corrected chi connectivity index (χ2v) is 7.21. The Bertz CT molecular complexity index is 456. The van der Waals surface area contributed by atoms with Gasteiger partial charge in [0.05, 0.1) is 0 Å². The van der Waals surface area contributed by atoms with Gasteiger partial charge in [0.2, 0.25) is 0 Å². The second-order valence-electron chi connectivity index (χ2n) is 6.27. The molecule has 1 heterocycles. The van der Waals surface area contributed by atoms with Crippen molar-refractivity contribution in [2.45, 2.75) is 52.7 Å². The molecular formula is C14H22N2O2S. The molecule has 106 valence electrons. The van der Waals surface area contributed by atoms with E-state index in [2.05, 4.69) is 25.8 Å². The zero-order valence-corrected chi connectivity index (χ0v) is 12.6. The van der Waals surface area contributed by atoms with Crippen molar-refractivity contribution < 1.29 is 9.53 Å². The fraction of sp³-hybridized carbons (Fsp3) is 0.714. The molecule has 4 nitrogen and oxygen atoms in total. The maximum atomic E-state index is 12.0. The first-order valence-electron chi connectivity index (χ1n) is 6.75. The third-order valence-corrected chi connectivity index (χ3v) is 4.43. The van der Waals surface area contributed by atoms with Gasteiger partial charge < -0.3 is 10.5 Å². The van der Waals surface area contributed by atoms with Gasteiger partial charge in [0.15, 0.2) is 5.69 Å². The molecule has 0 radical (unpaired) electrons. The molecule has 2 N–H and O–H groups in total. The van der Waals surface area contributed by atoms with Gasteiger partial charge in [-0.2, -0.15) is 0 Å². The molecule has 19 heavy (non-hydrogen) atoms. The van der Waals surface area contributed by atoms with Gasteiger partial charge in [-0.3, -0.25) is 0 Å². The van der Waals surface area contributed by atoms with Crippen LogP contribution in [0.3, 0.4) is 0 Å². The first-order valence-corrected chi connectivity index (χ1v) is 7.63. The zero-order valence-electron chi connectivity index (χ0n) is 11.8. The molecule has 1 aromatic heterocycles. The molecule has 1 aromatic rings. The minimum absolute atomic E-state index is 0.00859. The van der Waals surface area contributed by atoms with Crippen molar-refractivity contribution in [3.8, 4) is 0 Å². The molecule has 5 heteroatoms. The van der Waals surface area contributed by atoms with Crippen LogP contribution in [0.2, 0.25) is 0 Å². The van der Waals surface area contributed by atoms with E-state index in [1.165, 1.54) is 17.8 Å². The Hall–Kier alpha value is -0.940. The van der Waals surface area contributed by atoms with Crippen LogP contribution in [0.5, 0.6) is 0 Å². The lowest BCUT2D eigenvalue weighted by atomic mass is 9.71. The summed E-state index contributed by atoms with van der Waals surface area (Å²) >= 11 is 1.40. The molecule has 0 bridgehead atoms. The fourth-order valence-electron chi connectivity index (χ4n) is 3.06. The predicted molar refractivity (Wildman–Crippen MR) is 76.0 cm³/mol. The number of carbonyl (C=O) groups is 1. The Morgan fingerprint density at radius 1 is 1.58 bits per heavy atom. The van der Waals surface area contributed by atoms with Gasteiger partial charge in [-0.05, 0) is 30.6 Å². The number of nitrogens with two attached hydrogens (primary N) is 1. The van der Waals surface area contributed by atoms with E-state index in [1.54, 1.807) is 5.38 Å². The van der Waals surface area contributed by atoms with Crippen LogP contribution < -0.4 is 5.73 Å². The van der Waals surface area contributed by atoms with Crippen LogP contribution in [0.15, 0.2) is 5.38 Å². The van der Waals surface area contributed by atoms with Gasteiger partial charge in [0.1, 0.15) is 11.1 Å². The number of hydrogen-bond donors (Lipinski definition) is 1. The Labute approximate surface area is 118 Å². The molecule has 0 amide bonds. The van der Waals surface area contributed by atoms with Gasteiger partial charge in [0.25, 0.3) is 0 Å². The third kappa shape index (κ3) is 3.76. The smallest absolute Gasteiger partial charge is 0.358 e. The minimum Gasteiger partial charge on any atom is -0.458 e. The molecule has 1 fully saturated rings. The van der Waals surface area contributed by atoms with Gasteiger partial charge in [0, 0.05) is 11.9 Å². The topological polar surface area (TPSA) is 65.2 Å². The lowest BCUT2D eigenvalue weighted by Crippen LogP contribution is -2.34. The summed E-state index contributed by atoms with van der Waals surface area (Å²) in [6.07, 6.45) is 3.07. The van der Waals surface area contributed by atoms with E-state index in [-0.39, 0.29) is 17.5 Å². The van der Waals surface area contributed by atoms with Crippen LogP contribution in [0, 0.1) is 11.3 Å². The normalized spacial score (nSPS) is 26.1. The summed E-state index contributed by atoms with van der Waals surface area (Å²) in [5.41, 5.74) is 6.13. The van der Waals surface area contributed by atoms with Gasteiger partial charge in [-0.15, -0.1) is 11.3 Å². The van der Waals surface area contributed by atoms with E-state index >= 15 is 0 Å². The maximum absolute atomic E-state index is 12.0. The fourth-order valence-corrected chi connectivity index (χ4v) is 3.70. The zero-order chi connectivity index (χ0) is 14.0. The highest BCUT2D eigenvalue weighted by atomic mass is 32.1. The lowest BCUT2D eigenvalue weighted by molar-refractivity contribution is -0.00760. The number of nitrogens with zero attached hydrogens (tertiary/aromatic N) is 1. The van der Waals surface area contributed by atoms with Crippen molar-refractivity contribution in [3.63, 3.8) is 0 Å². The van der Waals surface area contributed by atoms with Gasteiger partial charge in [-0.1, -0.05) is 20.8 Å². The molecule has 0 aliphatic heterocycles. The molecular weight excluding hydrogens is 260 g/mol. The van der Waals surface area contributed by atoms with Crippen LogP contribution in [0.25, 0.3) is 0 Å². The van der Waals surface area contributed by atoms with E-state index in [4.69, 9.17) is 10.5 Å². The molecule has 2 unspecified atom stereocenters. The molecule has 1 aliphatic carbocycles. The summed E-state index contributed by atoms with van der Waals surface area (Å²) < 4.78 is 5.61. The summed E-state index contributed by atoms with van der Waals surface area (Å²) in [5, 5.41) is 2.49. The van der Waals surface area contributed by atoms with Crippen molar-refractivity contribution in [2.24, 2.45) is 17.1 Å². The summed E-state index contributed by atoms with van der Waals surface area (Å²) in [7, 11) is 0. The van der Waals surface area contributed by atoms with Crippen molar-refractivity contribution in [1.82, 2.24) is 4.98 Å². The predicted octanol–water partition coefficient (Wildman–Crippen LogP) is 2.97. The lowest BCUT2D eigenvalue weighted by Gasteiger charge is -2.38. The molecule has 1 saturated carbocycles. The highest BCUT2D eigenvalue weighted by molar-refractivity contribution is 7.09. The summed E-state index contributed by atoms with van der Waals surface area (Å²) in [4.78, 5) is 16.2. The van der Waals surface area contributed by atoms with Crippen LogP contribution in [0.1, 0.15) is 55.5 Å². The van der Waals surface area contributed by atoms with E-state index in [9.17, 15) is 4.79 Å². The third-order valence-electron chi connectivity index (χ3n) is 3.56. The molecule has 0 aromatic carbocycles. The largest absolute Gasteiger partial charge is 0.458 e. The molecule has 1 aliphatic rings. The number of aromatic nitrogens is 1. The number of rotatable bonds is 3. The van der Waals surface area contributed by atoms with E-state index in [0.717, 1.165) is 17.8 Å². The summed E-state index contributed by atoms with van der Waals surface area (Å²) in [6.45, 7) is 7.06. The standard InChI is InChI=1S/C14H22N2O2S/c1-9-4-10(6-14(2,3)5-9)18-13(17)11-8-19-12(7-15)16-11/h8-10H,4-7,15H2,1-3H3. The van der Waals surface area contributed by atoms with Crippen molar-refractivity contribution >= 4 is 17.3 Å². The molecule has 2 rings (SSSR count). The minimum atomic E-state index is -0.314. The summed E-state index contributed by atoms with van der Waals surface area (Å²) in [6, 6.07) is 0. The maximum Gasteiger partial charge on any atom is 0.358 e. The summed E-state index contributed by atoms with van der Waals surface area (Å²) in [5.74, 6) is 0.280. The SMILES string of the molecule is CC1CC(OC(=O)c2csc(CN)n2)CC(C)(C)C1. The number of ether oxygens (including phenoxy) is 1. The van der Waals surface area contributed by atoms with Crippen LogP contribution in [0.4, 0.5) is 0 Å². The quantitative estimate of drug-likeness (QED) is 0.866. The highest BCUT2D eigenvalue weighted by Gasteiger charge is 2.34. The van der Waals surface area contributed by atoms with Crippen LogP contribution in [-0.4, -0.2) is 17.1 Å². The Morgan fingerprint density at radius 2 is 2.32 bits per heavy atom. The molecule has 2 atom stereocenters. The van der Waals surface area contributed by atoms with Crippen molar-refractivity contribution in [3.05, 3.63) is 16.1 Å². The molecule has 0 spiro atoms. The van der Waals surface area contributed by atoms with Crippen molar-refractivity contribution in [2.75, 3.05) is 0 Å². The van der Waals surface area contributed by atoms with E-state index in [1.807, 2.05) is 0 Å². The Balaban J connectivity index is 1.98. The first-order chi connectivity index (χ1) is 8.89. The first kappa shape index (κ1) is 14.5. The Kier molecular flexibility index (Phi) is 4.26. The van der Waals surface area contributed by atoms with Gasteiger partial charge >= 0.3 is 5.97 Å². The average Bonchev–Trinajstić information content (AvgIpc) is 2.74. The second kappa shape index (κ2) is 5.59. The molecule has 0 saturated heterocycles. The Morgan fingerprint density at radius 3 is 2.89 bits per heavy atom. The number of esters is 1. The van der Waals surface area contributed by atoms with Gasteiger partial charge in [-0.25, -0.2) is 9.78 Å². The number of hydrogen-bond acceptors (Lipinski definition) is 5. The average molecular weight is 282 g/mol. The van der Waals surface area contributed by atoms with Crippen LogP contribution in [-0.2, 0) is 11.3 Å². The van der Waals surface area contributed by atoms with E-state index < -0.39 is 0 Å². The van der Waals surface area contributed by atoms with E-state index in [0.29, 0.717) is 18.2 Å². The number of thiazole rings is 1. The van der Waals surface area contributed by atoms with Crippen LogP contribution >= 0.6 is 11.3 Å². The monoisotopic (exact) mass is 282 g/mol.